The summed E-state index contributed by atoms with van der Waals surface area (Å²) >= 11 is 0. The van der Waals surface area contributed by atoms with Crippen LogP contribution < -0.4 is 16.4 Å². The van der Waals surface area contributed by atoms with Crippen LogP contribution in [0.4, 0.5) is 0 Å². The topological polar surface area (TPSA) is 86.2 Å². The molecular formula is C21H23N5. The Kier molecular flexibility index (Phi) is 5.35. The van der Waals surface area contributed by atoms with Gasteiger partial charge in [-0.1, -0.05) is 42.5 Å². The normalized spacial score (nSPS) is 19.8. The van der Waals surface area contributed by atoms with Gasteiger partial charge in [0.25, 0.3) is 0 Å². The molecular weight excluding hydrogens is 322 g/mol. The molecule has 0 amide bonds. The summed E-state index contributed by atoms with van der Waals surface area (Å²) in [5.41, 5.74) is 9.37. The highest BCUT2D eigenvalue weighted by Crippen LogP contribution is 2.18. The zero-order valence-corrected chi connectivity index (χ0v) is 14.8. The molecule has 132 valence electrons. The van der Waals surface area contributed by atoms with Gasteiger partial charge in [0, 0.05) is 18.7 Å². The van der Waals surface area contributed by atoms with E-state index in [1.807, 2.05) is 42.5 Å². The van der Waals surface area contributed by atoms with Crippen molar-refractivity contribution in [3.05, 3.63) is 83.2 Å². The lowest BCUT2D eigenvalue weighted by molar-refractivity contribution is 0.338. The lowest BCUT2D eigenvalue weighted by Crippen LogP contribution is -2.55. The first-order valence-corrected chi connectivity index (χ1v) is 8.71. The Bertz CT molecular complexity index is 850. The van der Waals surface area contributed by atoms with E-state index in [1.165, 1.54) is 5.56 Å². The monoisotopic (exact) mass is 345 g/mol. The molecule has 5 heteroatoms. The smallest absolute Gasteiger partial charge is 0.183 e. The van der Waals surface area contributed by atoms with Gasteiger partial charge < -0.3 is 10.6 Å². The molecule has 5 nitrogen and oxygen atoms in total. The van der Waals surface area contributed by atoms with Gasteiger partial charge in [0.15, 0.2) is 5.79 Å². The van der Waals surface area contributed by atoms with Gasteiger partial charge in [-0.2, -0.15) is 5.26 Å². The number of aliphatic imine (C=N–C) groups is 1. The fraction of sp³-hybridized carbons (Fsp3) is 0.238. The number of benzene rings is 2. The minimum atomic E-state index is -0.865. The van der Waals surface area contributed by atoms with Crippen LogP contribution in [-0.4, -0.2) is 12.0 Å². The average molecular weight is 345 g/mol. The molecule has 4 N–H and O–H groups in total. The summed E-state index contributed by atoms with van der Waals surface area (Å²) in [5.74, 6) is -0.0134. The fourth-order valence-corrected chi connectivity index (χ4v) is 2.95. The van der Waals surface area contributed by atoms with Gasteiger partial charge in [-0.15, -0.1) is 0 Å². The Hall–Kier alpha value is -3.10. The van der Waals surface area contributed by atoms with E-state index in [2.05, 4.69) is 40.8 Å². The number of nitrogens with two attached hydrogens (primary N) is 1. The van der Waals surface area contributed by atoms with E-state index in [9.17, 15) is 0 Å². The first-order valence-electron chi connectivity index (χ1n) is 8.71. The van der Waals surface area contributed by atoms with Gasteiger partial charge >= 0.3 is 0 Å². The molecule has 3 rings (SSSR count). The third-order valence-electron chi connectivity index (χ3n) is 4.42. The summed E-state index contributed by atoms with van der Waals surface area (Å²) in [5, 5.41) is 15.8. The molecule has 1 aliphatic heterocycles. The predicted octanol–water partition coefficient (Wildman–Crippen LogP) is 2.97. The van der Waals surface area contributed by atoms with Crippen molar-refractivity contribution in [3.8, 4) is 6.07 Å². The molecule has 2 atom stereocenters. The van der Waals surface area contributed by atoms with Crippen LogP contribution in [0.3, 0.4) is 0 Å². The van der Waals surface area contributed by atoms with Crippen LogP contribution in [0.5, 0.6) is 0 Å². The van der Waals surface area contributed by atoms with Crippen molar-refractivity contribution in [1.29, 1.82) is 5.26 Å². The second-order valence-electron chi connectivity index (χ2n) is 6.50. The van der Waals surface area contributed by atoms with E-state index in [4.69, 9.17) is 11.0 Å². The van der Waals surface area contributed by atoms with Gasteiger partial charge in [0.2, 0.25) is 0 Å². The van der Waals surface area contributed by atoms with E-state index in [0.717, 1.165) is 17.8 Å². The third kappa shape index (κ3) is 4.50. The van der Waals surface area contributed by atoms with Crippen molar-refractivity contribution in [3.63, 3.8) is 0 Å². The second-order valence-corrected chi connectivity index (χ2v) is 6.50. The Balaban J connectivity index is 1.60. The Morgan fingerprint density at radius 1 is 1.23 bits per heavy atom. The summed E-state index contributed by atoms with van der Waals surface area (Å²) in [6.07, 6.45) is 4.98. The van der Waals surface area contributed by atoms with E-state index < -0.39 is 5.79 Å². The summed E-state index contributed by atoms with van der Waals surface area (Å²) in [7, 11) is 0. The summed E-state index contributed by atoms with van der Waals surface area (Å²) < 4.78 is 0. The van der Waals surface area contributed by atoms with Gasteiger partial charge in [0.1, 0.15) is 5.82 Å². The van der Waals surface area contributed by atoms with Crippen LogP contribution in [0.2, 0.25) is 0 Å². The first-order chi connectivity index (χ1) is 12.6. The molecule has 2 unspecified atom stereocenters. The van der Waals surface area contributed by atoms with Crippen LogP contribution in [-0.2, 0) is 6.42 Å². The molecule has 2 aromatic carbocycles. The minimum absolute atomic E-state index is 0.151. The summed E-state index contributed by atoms with van der Waals surface area (Å²) in [6, 6.07) is 20.1. The third-order valence-corrected chi connectivity index (χ3v) is 4.42. The maximum atomic E-state index is 9.02. The number of nitrogens with one attached hydrogen (secondary N) is 2. The molecule has 0 fully saturated rings. The van der Waals surface area contributed by atoms with Crippen LogP contribution in [0.25, 0.3) is 0 Å². The molecule has 0 radical (unpaired) electrons. The lowest BCUT2D eigenvalue weighted by atomic mass is 10.0. The van der Waals surface area contributed by atoms with Crippen LogP contribution in [0.1, 0.15) is 36.1 Å². The van der Waals surface area contributed by atoms with Crippen LogP contribution in [0.15, 0.2) is 71.5 Å². The van der Waals surface area contributed by atoms with Gasteiger partial charge in [0.05, 0.1) is 11.6 Å². The molecule has 26 heavy (non-hydrogen) atoms. The zero-order chi connectivity index (χ0) is 18.4. The molecule has 0 bridgehead atoms. The molecule has 1 aliphatic rings. The number of nitriles is 1. The Morgan fingerprint density at radius 2 is 2.04 bits per heavy atom. The average Bonchev–Trinajstić information content (AvgIpc) is 2.67. The van der Waals surface area contributed by atoms with Crippen molar-refractivity contribution < 1.29 is 0 Å². The van der Waals surface area contributed by atoms with E-state index in [0.29, 0.717) is 12.0 Å². The number of allylic oxidation sites excluding steroid dienone is 1. The van der Waals surface area contributed by atoms with Crippen molar-refractivity contribution in [1.82, 2.24) is 10.6 Å². The number of nitrogens with zero attached hydrogens (tertiary/aromatic N) is 2. The molecule has 0 aliphatic carbocycles. The maximum absolute atomic E-state index is 9.02. The standard InChI is InChI=1S/C21H23N5/c1-16(19-8-3-2-4-9-19)25-20-11-13-24-21(23,26-20)12-10-17-6-5-7-18(14-17)15-22/h2-9,11,13-14,16,25-26H,10,12,23H2,1H3. The van der Waals surface area contributed by atoms with Crippen molar-refractivity contribution in [2.45, 2.75) is 31.6 Å². The highest BCUT2D eigenvalue weighted by atomic mass is 15.3. The van der Waals surface area contributed by atoms with Crippen molar-refractivity contribution >= 4 is 6.21 Å². The lowest BCUT2D eigenvalue weighted by Gasteiger charge is -2.32. The minimum Gasteiger partial charge on any atom is -0.365 e. The Labute approximate surface area is 154 Å². The molecule has 0 spiro atoms. The second kappa shape index (κ2) is 7.85. The van der Waals surface area contributed by atoms with Gasteiger partial charge in [-0.3, -0.25) is 10.7 Å². The first kappa shape index (κ1) is 17.7. The number of hydrogen-bond donors (Lipinski definition) is 3. The van der Waals surface area contributed by atoms with Crippen LogP contribution in [0, 0.1) is 11.3 Å². The fourth-order valence-electron chi connectivity index (χ4n) is 2.95. The summed E-state index contributed by atoms with van der Waals surface area (Å²) in [6.45, 7) is 2.11. The Morgan fingerprint density at radius 3 is 2.81 bits per heavy atom. The van der Waals surface area contributed by atoms with E-state index in [1.54, 1.807) is 12.3 Å². The molecule has 0 aromatic heterocycles. The molecule has 0 saturated heterocycles. The number of rotatable bonds is 6. The van der Waals surface area contributed by atoms with Gasteiger partial charge in [-0.05, 0) is 42.7 Å². The van der Waals surface area contributed by atoms with Gasteiger partial charge in [-0.25, -0.2) is 0 Å². The molecule has 2 aromatic rings. The summed E-state index contributed by atoms with van der Waals surface area (Å²) in [4.78, 5) is 4.41. The molecule has 0 saturated carbocycles. The predicted molar refractivity (Wildman–Crippen MR) is 104 cm³/mol. The van der Waals surface area contributed by atoms with E-state index >= 15 is 0 Å². The van der Waals surface area contributed by atoms with Crippen molar-refractivity contribution in [2.75, 3.05) is 0 Å². The largest absolute Gasteiger partial charge is 0.365 e. The maximum Gasteiger partial charge on any atom is 0.183 e. The zero-order valence-electron chi connectivity index (χ0n) is 14.8. The number of aryl methyl sites for hydroxylation is 1. The quantitative estimate of drug-likeness (QED) is 0.751. The highest BCUT2D eigenvalue weighted by molar-refractivity contribution is 5.73. The SMILES string of the molecule is CC(NC1=CC=NC(N)(CCc2cccc(C#N)c2)N1)c1ccccc1. The van der Waals surface area contributed by atoms with Crippen LogP contribution >= 0.6 is 0 Å². The highest BCUT2D eigenvalue weighted by Gasteiger charge is 2.26. The van der Waals surface area contributed by atoms with E-state index in [-0.39, 0.29) is 6.04 Å². The van der Waals surface area contributed by atoms with Crippen molar-refractivity contribution in [2.24, 2.45) is 10.7 Å². The molecule has 1 heterocycles. The number of hydrogen-bond acceptors (Lipinski definition) is 5.